The molecule has 2 unspecified atom stereocenters. The number of nitrogens with zero attached hydrogens (tertiary/aromatic N) is 1. The first-order valence-corrected chi connectivity index (χ1v) is 9.00. The lowest BCUT2D eigenvalue weighted by Gasteiger charge is -2.20. The van der Waals surface area contributed by atoms with Gasteiger partial charge in [0.1, 0.15) is 5.75 Å². The second-order valence-corrected chi connectivity index (χ2v) is 6.38. The van der Waals surface area contributed by atoms with Gasteiger partial charge in [-0.2, -0.15) is 0 Å². The molecule has 7 nitrogen and oxygen atoms in total. The molecule has 1 aromatic carbocycles. The molecular formula is C19H26N2O5. The van der Waals surface area contributed by atoms with Gasteiger partial charge in [0.05, 0.1) is 24.1 Å². The van der Waals surface area contributed by atoms with E-state index in [4.69, 9.17) is 9.84 Å². The Morgan fingerprint density at radius 3 is 2.73 bits per heavy atom. The molecule has 142 valence electrons. The highest BCUT2D eigenvalue weighted by atomic mass is 16.5. The number of ether oxygens (including phenoxy) is 1. The summed E-state index contributed by atoms with van der Waals surface area (Å²) in [6, 6.07) is 7.24. The number of benzene rings is 1. The molecule has 26 heavy (non-hydrogen) atoms. The molecule has 0 radical (unpaired) electrons. The molecular weight excluding hydrogens is 336 g/mol. The molecule has 2 amide bonds. The number of para-hydroxylation sites is 2. The summed E-state index contributed by atoms with van der Waals surface area (Å²) in [5.74, 6) is -1.82. The molecule has 0 bridgehead atoms. The van der Waals surface area contributed by atoms with Crippen molar-refractivity contribution < 1.29 is 24.2 Å². The van der Waals surface area contributed by atoms with Crippen molar-refractivity contribution in [1.82, 2.24) is 5.32 Å². The normalized spacial score (nSPS) is 17.8. The van der Waals surface area contributed by atoms with Crippen LogP contribution in [0.1, 0.15) is 33.1 Å². The summed E-state index contributed by atoms with van der Waals surface area (Å²) in [4.78, 5) is 37.5. The van der Waals surface area contributed by atoms with Gasteiger partial charge in [-0.15, -0.1) is 0 Å². The summed E-state index contributed by atoms with van der Waals surface area (Å²) in [5.41, 5.74) is 0.657. The van der Waals surface area contributed by atoms with E-state index in [0.29, 0.717) is 24.5 Å². The van der Waals surface area contributed by atoms with Crippen LogP contribution in [0.15, 0.2) is 24.3 Å². The van der Waals surface area contributed by atoms with Crippen LogP contribution in [0, 0.1) is 11.8 Å². The standard InChI is InChI=1S/C19H26N2O5/c1-3-7-13(19(24)25)11-20-18(23)14-10-17(22)21(12-14)15-8-5-6-9-16(15)26-4-2/h5-6,8-9,13-14H,3-4,7,10-12H2,1-2H3,(H,20,23)(H,24,25). The van der Waals surface area contributed by atoms with E-state index in [1.54, 1.807) is 17.0 Å². The molecule has 1 fully saturated rings. The molecule has 0 aliphatic carbocycles. The Bertz CT molecular complexity index is 661. The number of carbonyl (C=O) groups excluding carboxylic acids is 2. The van der Waals surface area contributed by atoms with Crippen molar-refractivity contribution >= 4 is 23.5 Å². The summed E-state index contributed by atoms with van der Waals surface area (Å²) < 4.78 is 5.57. The fourth-order valence-electron chi connectivity index (χ4n) is 3.10. The van der Waals surface area contributed by atoms with Crippen LogP contribution in [0.4, 0.5) is 5.69 Å². The first-order valence-electron chi connectivity index (χ1n) is 9.00. The van der Waals surface area contributed by atoms with Gasteiger partial charge in [-0.25, -0.2) is 0 Å². The molecule has 2 atom stereocenters. The van der Waals surface area contributed by atoms with Gasteiger partial charge in [0.25, 0.3) is 0 Å². The highest BCUT2D eigenvalue weighted by Crippen LogP contribution is 2.33. The predicted molar refractivity (Wildman–Crippen MR) is 97.1 cm³/mol. The number of carboxylic acids is 1. The molecule has 2 N–H and O–H groups in total. The van der Waals surface area contributed by atoms with Gasteiger partial charge in [-0.05, 0) is 25.5 Å². The van der Waals surface area contributed by atoms with Crippen molar-refractivity contribution in [2.75, 3.05) is 24.6 Å². The summed E-state index contributed by atoms with van der Waals surface area (Å²) in [6.07, 6.45) is 1.35. The van der Waals surface area contributed by atoms with Crippen molar-refractivity contribution in [2.24, 2.45) is 11.8 Å². The number of amides is 2. The zero-order valence-electron chi connectivity index (χ0n) is 15.2. The maximum absolute atomic E-state index is 12.4. The minimum atomic E-state index is -0.915. The smallest absolute Gasteiger partial charge is 0.308 e. The van der Waals surface area contributed by atoms with Crippen molar-refractivity contribution in [1.29, 1.82) is 0 Å². The second kappa shape index (κ2) is 9.22. The first-order chi connectivity index (χ1) is 12.5. The summed E-state index contributed by atoms with van der Waals surface area (Å²) in [7, 11) is 0. The SMILES string of the molecule is CCCC(CNC(=O)C1CC(=O)N(c2ccccc2OCC)C1)C(=O)O. The third-order valence-corrected chi connectivity index (χ3v) is 4.46. The van der Waals surface area contributed by atoms with E-state index in [1.807, 2.05) is 26.0 Å². The number of carbonyl (C=O) groups is 3. The molecule has 0 saturated carbocycles. The Labute approximate surface area is 153 Å². The summed E-state index contributed by atoms with van der Waals surface area (Å²) in [5, 5.41) is 11.9. The molecule has 7 heteroatoms. The summed E-state index contributed by atoms with van der Waals surface area (Å²) in [6.45, 7) is 4.61. The lowest BCUT2D eigenvalue weighted by Crippen LogP contribution is -2.37. The Morgan fingerprint density at radius 1 is 1.35 bits per heavy atom. The van der Waals surface area contributed by atoms with Gasteiger partial charge in [0.2, 0.25) is 11.8 Å². The Morgan fingerprint density at radius 2 is 2.08 bits per heavy atom. The van der Waals surface area contributed by atoms with Crippen LogP contribution in [0.25, 0.3) is 0 Å². The van der Waals surface area contributed by atoms with E-state index in [0.717, 1.165) is 6.42 Å². The molecule has 1 heterocycles. The fourth-order valence-corrected chi connectivity index (χ4v) is 3.10. The zero-order chi connectivity index (χ0) is 19.1. The minimum absolute atomic E-state index is 0.0855. The molecule has 1 saturated heterocycles. The van der Waals surface area contributed by atoms with Crippen LogP contribution in [-0.4, -0.2) is 42.6 Å². The van der Waals surface area contributed by atoms with Crippen molar-refractivity contribution in [2.45, 2.75) is 33.1 Å². The van der Waals surface area contributed by atoms with E-state index < -0.39 is 17.8 Å². The number of hydrogen-bond donors (Lipinski definition) is 2. The highest BCUT2D eigenvalue weighted by molar-refractivity contribution is 6.01. The number of aliphatic carboxylic acids is 1. The topological polar surface area (TPSA) is 95.9 Å². The average Bonchev–Trinajstić information content (AvgIpc) is 3.00. The molecule has 2 rings (SSSR count). The van der Waals surface area contributed by atoms with Crippen LogP contribution in [0.5, 0.6) is 5.75 Å². The van der Waals surface area contributed by atoms with E-state index in [2.05, 4.69) is 5.32 Å². The van der Waals surface area contributed by atoms with Crippen molar-refractivity contribution in [3.05, 3.63) is 24.3 Å². The maximum Gasteiger partial charge on any atom is 0.308 e. The quantitative estimate of drug-likeness (QED) is 0.701. The monoisotopic (exact) mass is 362 g/mol. The first kappa shape index (κ1) is 19.8. The van der Waals surface area contributed by atoms with Crippen LogP contribution in [0.2, 0.25) is 0 Å². The number of anilines is 1. The Hall–Kier alpha value is -2.57. The fraction of sp³-hybridized carbons (Fsp3) is 0.526. The lowest BCUT2D eigenvalue weighted by molar-refractivity contribution is -0.142. The van der Waals surface area contributed by atoms with Crippen molar-refractivity contribution in [3.8, 4) is 5.75 Å². The largest absolute Gasteiger partial charge is 0.492 e. The van der Waals surface area contributed by atoms with Gasteiger partial charge in [0, 0.05) is 19.5 Å². The predicted octanol–water partition coefficient (Wildman–Crippen LogP) is 2.06. The third-order valence-electron chi connectivity index (χ3n) is 4.46. The highest BCUT2D eigenvalue weighted by Gasteiger charge is 2.36. The average molecular weight is 362 g/mol. The van der Waals surface area contributed by atoms with Crippen LogP contribution in [-0.2, 0) is 14.4 Å². The maximum atomic E-state index is 12.4. The van der Waals surface area contributed by atoms with Gasteiger partial charge in [0.15, 0.2) is 0 Å². The minimum Gasteiger partial charge on any atom is -0.492 e. The number of carboxylic acid groups (broad SMARTS) is 1. The van der Waals surface area contributed by atoms with Gasteiger partial charge < -0.3 is 20.1 Å². The number of nitrogens with one attached hydrogen (secondary N) is 1. The summed E-state index contributed by atoms with van der Waals surface area (Å²) >= 11 is 0. The molecule has 1 aliphatic heterocycles. The molecule has 1 aliphatic rings. The molecule has 0 aromatic heterocycles. The van der Waals surface area contributed by atoms with Crippen LogP contribution < -0.4 is 15.0 Å². The zero-order valence-corrected chi connectivity index (χ0v) is 15.2. The van der Waals surface area contributed by atoms with E-state index in [-0.39, 0.29) is 31.3 Å². The van der Waals surface area contributed by atoms with Crippen LogP contribution >= 0.6 is 0 Å². The van der Waals surface area contributed by atoms with Gasteiger partial charge >= 0.3 is 5.97 Å². The number of hydrogen-bond acceptors (Lipinski definition) is 4. The van der Waals surface area contributed by atoms with Gasteiger partial charge in [-0.3, -0.25) is 14.4 Å². The number of rotatable bonds is 9. The molecule has 0 spiro atoms. The van der Waals surface area contributed by atoms with Crippen LogP contribution in [0.3, 0.4) is 0 Å². The van der Waals surface area contributed by atoms with Crippen molar-refractivity contribution in [3.63, 3.8) is 0 Å². The Kier molecular flexibility index (Phi) is 7.00. The Balaban J connectivity index is 2.01. The van der Waals surface area contributed by atoms with E-state index in [1.165, 1.54) is 0 Å². The lowest BCUT2D eigenvalue weighted by atomic mass is 10.0. The second-order valence-electron chi connectivity index (χ2n) is 6.38. The van der Waals surface area contributed by atoms with E-state index >= 15 is 0 Å². The molecule has 1 aromatic rings. The van der Waals surface area contributed by atoms with E-state index in [9.17, 15) is 14.4 Å². The third kappa shape index (κ3) is 4.74. The van der Waals surface area contributed by atoms with Gasteiger partial charge in [-0.1, -0.05) is 25.5 Å².